The molecule has 0 spiro atoms. The Labute approximate surface area is 189 Å². The predicted octanol–water partition coefficient (Wildman–Crippen LogP) is 3.18. The zero-order valence-corrected chi connectivity index (χ0v) is 18.9. The van der Waals surface area contributed by atoms with E-state index in [0.29, 0.717) is 25.9 Å². The highest BCUT2D eigenvalue weighted by Crippen LogP contribution is 2.26. The van der Waals surface area contributed by atoms with E-state index in [1.165, 1.54) is 22.0 Å². The molecule has 2 aromatic carbocycles. The molecule has 1 N–H and O–H groups in total. The molecule has 0 bridgehead atoms. The monoisotopic (exact) mass is 459 g/mol. The van der Waals surface area contributed by atoms with Crippen molar-refractivity contribution in [2.45, 2.75) is 36.6 Å². The molecule has 0 aromatic heterocycles. The van der Waals surface area contributed by atoms with Crippen LogP contribution < -0.4 is 5.32 Å². The average molecular weight is 460 g/mol. The number of hydrogen-bond acceptors (Lipinski definition) is 4. The molecular weight excluding hydrogens is 429 g/mol. The predicted molar refractivity (Wildman–Crippen MR) is 121 cm³/mol. The van der Waals surface area contributed by atoms with Gasteiger partial charge in [0.05, 0.1) is 16.9 Å². The van der Waals surface area contributed by atoms with E-state index in [0.717, 1.165) is 38.1 Å². The molecule has 2 fully saturated rings. The van der Waals surface area contributed by atoms with Gasteiger partial charge in [-0.15, -0.1) is 0 Å². The van der Waals surface area contributed by atoms with Gasteiger partial charge in [0.25, 0.3) is 0 Å². The zero-order valence-electron chi connectivity index (χ0n) is 18.1. The third-order valence-electron chi connectivity index (χ3n) is 6.44. The van der Waals surface area contributed by atoms with Crippen molar-refractivity contribution < 1.29 is 17.6 Å². The first kappa shape index (κ1) is 22.9. The molecule has 1 amide bonds. The third-order valence-corrected chi connectivity index (χ3v) is 8.32. The quantitative estimate of drug-likeness (QED) is 0.691. The van der Waals surface area contributed by atoms with Crippen molar-refractivity contribution in [3.8, 4) is 0 Å². The summed E-state index contributed by atoms with van der Waals surface area (Å²) in [4.78, 5) is 15.5. The molecule has 2 heterocycles. The lowest BCUT2D eigenvalue weighted by Crippen LogP contribution is -2.46. The molecule has 0 aliphatic carbocycles. The van der Waals surface area contributed by atoms with Gasteiger partial charge < -0.3 is 5.32 Å². The van der Waals surface area contributed by atoms with Gasteiger partial charge in [-0.1, -0.05) is 30.3 Å². The van der Waals surface area contributed by atoms with Gasteiger partial charge in [0.1, 0.15) is 5.82 Å². The van der Waals surface area contributed by atoms with E-state index in [1.54, 1.807) is 0 Å². The number of hydrogen-bond donors (Lipinski definition) is 1. The summed E-state index contributed by atoms with van der Waals surface area (Å²) in [5.74, 6) is -0.982. The normalized spacial score (nSPS) is 21.3. The van der Waals surface area contributed by atoms with Gasteiger partial charge in [-0.25, -0.2) is 12.8 Å². The van der Waals surface area contributed by atoms with Gasteiger partial charge in [0, 0.05) is 19.6 Å². The van der Waals surface area contributed by atoms with Gasteiger partial charge in [0.15, 0.2) is 0 Å². The van der Waals surface area contributed by atoms with Crippen molar-refractivity contribution in [1.82, 2.24) is 14.5 Å². The standard InChI is InChI=1S/C24H30FN3O3S/c25-21-10-12-22(13-11-21)32(30,31)28-16-6-9-20(18-28)24(29)26-17-23(27-14-4-5-15-27)19-7-2-1-3-8-19/h1-3,7-8,10-13,20,23H,4-6,9,14-18H2,(H,26,29). The summed E-state index contributed by atoms with van der Waals surface area (Å²) < 4.78 is 40.5. The number of halogens is 1. The van der Waals surface area contributed by atoms with Crippen LogP contribution in [-0.4, -0.2) is 56.3 Å². The molecular formula is C24H30FN3O3S. The van der Waals surface area contributed by atoms with E-state index >= 15 is 0 Å². The van der Waals surface area contributed by atoms with Crippen LogP contribution in [0, 0.1) is 11.7 Å². The lowest BCUT2D eigenvalue weighted by atomic mass is 9.98. The largest absolute Gasteiger partial charge is 0.354 e. The highest BCUT2D eigenvalue weighted by atomic mass is 32.2. The second kappa shape index (κ2) is 10.1. The van der Waals surface area contributed by atoms with Gasteiger partial charge in [-0.2, -0.15) is 4.31 Å². The van der Waals surface area contributed by atoms with E-state index < -0.39 is 21.8 Å². The fourth-order valence-electron chi connectivity index (χ4n) is 4.66. The number of carbonyl (C=O) groups excluding carboxylic acids is 1. The van der Waals surface area contributed by atoms with Crippen molar-refractivity contribution >= 4 is 15.9 Å². The summed E-state index contributed by atoms with van der Waals surface area (Å²) in [7, 11) is -3.75. The van der Waals surface area contributed by atoms with Gasteiger partial charge in [0.2, 0.25) is 15.9 Å². The molecule has 4 rings (SSSR count). The number of nitrogens with zero attached hydrogens (tertiary/aromatic N) is 2. The summed E-state index contributed by atoms with van der Waals surface area (Å²) in [6.07, 6.45) is 3.60. The molecule has 6 nitrogen and oxygen atoms in total. The highest BCUT2D eigenvalue weighted by Gasteiger charge is 2.34. The fourth-order valence-corrected chi connectivity index (χ4v) is 6.18. The maximum Gasteiger partial charge on any atom is 0.243 e. The first-order valence-corrected chi connectivity index (χ1v) is 12.7. The molecule has 32 heavy (non-hydrogen) atoms. The van der Waals surface area contributed by atoms with Gasteiger partial charge in [-0.05, 0) is 68.6 Å². The Morgan fingerprint density at radius 2 is 1.69 bits per heavy atom. The van der Waals surface area contributed by atoms with Gasteiger partial charge in [-0.3, -0.25) is 9.69 Å². The zero-order chi connectivity index (χ0) is 22.6. The topological polar surface area (TPSA) is 69.7 Å². The molecule has 8 heteroatoms. The smallest absolute Gasteiger partial charge is 0.243 e. The Morgan fingerprint density at radius 3 is 2.38 bits per heavy atom. The van der Waals surface area contributed by atoms with E-state index in [2.05, 4.69) is 22.3 Å². The Morgan fingerprint density at radius 1 is 1.00 bits per heavy atom. The Balaban J connectivity index is 1.41. The Kier molecular flexibility index (Phi) is 7.23. The van der Waals surface area contributed by atoms with Crippen molar-refractivity contribution in [1.29, 1.82) is 0 Å². The van der Waals surface area contributed by atoms with Crippen LogP contribution >= 0.6 is 0 Å². The van der Waals surface area contributed by atoms with Crippen molar-refractivity contribution in [3.05, 3.63) is 66.0 Å². The molecule has 2 aromatic rings. The minimum absolute atomic E-state index is 0.0538. The second-order valence-corrected chi connectivity index (χ2v) is 10.5. The molecule has 2 aliphatic rings. The molecule has 2 aliphatic heterocycles. The van der Waals surface area contributed by atoms with E-state index in [-0.39, 0.29) is 23.4 Å². The first-order chi connectivity index (χ1) is 15.4. The van der Waals surface area contributed by atoms with Crippen LogP contribution in [0.2, 0.25) is 0 Å². The van der Waals surface area contributed by atoms with Crippen LogP contribution in [0.4, 0.5) is 4.39 Å². The van der Waals surface area contributed by atoms with Crippen LogP contribution in [0.5, 0.6) is 0 Å². The lowest BCUT2D eigenvalue weighted by Gasteiger charge is -2.32. The van der Waals surface area contributed by atoms with Crippen molar-refractivity contribution in [2.24, 2.45) is 5.92 Å². The summed E-state index contributed by atoms with van der Waals surface area (Å²) in [6.45, 7) is 3.05. The van der Waals surface area contributed by atoms with Crippen LogP contribution in [0.15, 0.2) is 59.5 Å². The summed E-state index contributed by atoms with van der Waals surface area (Å²) in [5, 5.41) is 3.10. The maximum atomic E-state index is 13.2. The van der Waals surface area contributed by atoms with E-state index in [1.807, 2.05) is 18.2 Å². The molecule has 2 saturated heterocycles. The number of piperidine rings is 1. The van der Waals surface area contributed by atoms with Crippen molar-refractivity contribution in [2.75, 3.05) is 32.7 Å². The van der Waals surface area contributed by atoms with E-state index in [9.17, 15) is 17.6 Å². The highest BCUT2D eigenvalue weighted by molar-refractivity contribution is 7.89. The van der Waals surface area contributed by atoms with Crippen LogP contribution in [0.25, 0.3) is 0 Å². The summed E-state index contributed by atoms with van der Waals surface area (Å²) >= 11 is 0. The third kappa shape index (κ3) is 5.19. The van der Waals surface area contributed by atoms with E-state index in [4.69, 9.17) is 0 Å². The summed E-state index contributed by atoms with van der Waals surface area (Å²) in [5.41, 5.74) is 1.18. The van der Waals surface area contributed by atoms with Crippen LogP contribution in [0.1, 0.15) is 37.3 Å². The average Bonchev–Trinajstić information content (AvgIpc) is 3.35. The minimum Gasteiger partial charge on any atom is -0.354 e. The lowest BCUT2D eigenvalue weighted by molar-refractivity contribution is -0.126. The number of sulfonamides is 1. The minimum atomic E-state index is -3.75. The van der Waals surface area contributed by atoms with Crippen molar-refractivity contribution in [3.63, 3.8) is 0 Å². The number of amides is 1. The van der Waals surface area contributed by atoms with Crippen LogP contribution in [0.3, 0.4) is 0 Å². The number of nitrogens with one attached hydrogen (secondary N) is 1. The Hall–Kier alpha value is -2.29. The molecule has 2 unspecified atom stereocenters. The SMILES string of the molecule is O=C(NCC(c1ccccc1)N1CCCC1)C1CCCN(S(=O)(=O)c2ccc(F)cc2)C1. The summed E-state index contributed by atoms with van der Waals surface area (Å²) in [6, 6.07) is 15.1. The fraction of sp³-hybridized carbons (Fsp3) is 0.458. The van der Waals surface area contributed by atoms with Gasteiger partial charge >= 0.3 is 0 Å². The first-order valence-electron chi connectivity index (χ1n) is 11.3. The Bertz CT molecular complexity index is 1010. The number of rotatable bonds is 7. The number of benzene rings is 2. The maximum absolute atomic E-state index is 13.2. The molecule has 0 saturated carbocycles. The molecule has 2 atom stereocenters. The second-order valence-electron chi connectivity index (χ2n) is 8.57. The van der Waals surface area contributed by atoms with Crippen LogP contribution in [-0.2, 0) is 14.8 Å². The molecule has 0 radical (unpaired) electrons. The molecule has 172 valence electrons. The number of carbonyl (C=O) groups is 1. The number of likely N-dealkylation sites (tertiary alicyclic amines) is 1.